The van der Waals surface area contributed by atoms with Gasteiger partial charge >= 0.3 is 0 Å². The quantitative estimate of drug-likeness (QED) is 0.717. The Morgan fingerprint density at radius 3 is 2.89 bits per heavy atom. The molecule has 0 aromatic carbocycles. The SMILES string of the molecule is COCCCC(N)C(=O)NCC(C)(C)c1cccs1. The second kappa shape index (κ2) is 7.62. The lowest BCUT2D eigenvalue weighted by atomic mass is 9.91. The molecule has 1 heterocycles. The van der Waals surface area contributed by atoms with Crippen LogP contribution in [0.2, 0.25) is 0 Å². The highest BCUT2D eigenvalue weighted by molar-refractivity contribution is 7.10. The molecule has 0 aliphatic rings. The van der Waals surface area contributed by atoms with Crippen molar-refractivity contribution >= 4 is 17.2 Å². The summed E-state index contributed by atoms with van der Waals surface area (Å²) in [6, 6.07) is 3.67. The predicted octanol–water partition coefficient (Wildman–Crippen LogP) is 1.90. The fraction of sp³-hybridized carbons (Fsp3) is 0.643. The maximum absolute atomic E-state index is 11.9. The minimum Gasteiger partial charge on any atom is -0.385 e. The summed E-state index contributed by atoms with van der Waals surface area (Å²) in [4.78, 5) is 13.1. The summed E-state index contributed by atoms with van der Waals surface area (Å²) < 4.78 is 4.95. The van der Waals surface area contributed by atoms with Gasteiger partial charge in [0.05, 0.1) is 6.04 Å². The van der Waals surface area contributed by atoms with Crippen LogP contribution in [0.3, 0.4) is 0 Å². The van der Waals surface area contributed by atoms with Crippen molar-refractivity contribution in [1.82, 2.24) is 5.32 Å². The van der Waals surface area contributed by atoms with Crippen molar-refractivity contribution in [3.63, 3.8) is 0 Å². The van der Waals surface area contributed by atoms with Gasteiger partial charge in [0.15, 0.2) is 0 Å². The number of hydrogen-bond acceptors (Lipinski definition) is 4. The molecule has 4 nitrogen and oxygen atoms in total. The van der Waals surface area contributed by atoms with Gasteiger partial charge in [0.25, 0.3) is 0 Å². The molecule has 0 aliphatic carbocycles. The zero-order valence-electron chi connectivity index (χ0n) is 11.9. The summed E-state index contributed by atoms with van der Waals surface area (Å²) in [5.41, 5.74) is 5.78. The molecule has 3 N–H and O–H groups in total. The number of amides is 1. The monoisotopic (exact) mass is 284 g/mol. The Hall–Kier alpha value is -0.910. The first kappa shape index (κ1) is 16.1. The van der Waals surface area contributed by atoms with E-state index in [1.54, 1.807) is 18.4 Å². The average Bonchev–Trinajstić information content (AvgIpc) is 2.90. The highest BCUT2D eigenvalue weighted by Crippen LogP contribution is 2.26. The number of carbonyl (C=O) groups is 1. The second-order valence-corrected chi connectivity index (χ2v) is 6.27. The molecule has 0 radical (unpaired) electrons. The number of methoxy groups -OCH3 is 1. The van der Waals surface area contributed by atoms with E-state index in [-0.39, 0.29) is 11.3 Å². The van der Waals surface area contributed by atoms with Crippen molar-refractivity contribution in [3.05, 3.63) is 22.4 Å². The molecule has 0 spiro atoms. The number of nitrogens with two attached hydrogens (primary N) is 1. The zero-order chi connectivity index (χ0) is 14.3. The second-order valence-electron chi connectivity index (χ2n) is 5.32. The minimum absolute atomic E-state index is 0.0594. The van der Waals surface area contributed by atoms with E-state index in [1.165, 1.54) is 4.88 Å². The first-order chi connectivity index (χ1) is 8.97. The Morgan fingerprint density at radius 1 is 1.58 bits per heavy atom. The van der Waals surface area contributed by atoms with Crippen LogP contribution in [0.4, 0.5) is 0 Å². The van der Waals surface area contributed by atoms with Gasteiger partial charge in [-0.3, -0.25) is 4.79 Å². The molecule has 1 aromatic heterocycles. The minimum atomic E-state index is -0.450. The first-order valence-electron chi connectivity index (χ1n) is 6.53. The van der Waals surface area contributed by atoms with Crippen molar-refractivity contribution in [2.24, 2.45) is 5.73 Å². The third kappa shape index (κ3) is 5.30. The van der Waals surface area contributed by atoms with Gasteiger partial charge in [0.2, 0.25) is 5.91 Å². The molecule has 1 atom stereocenters. The molecule has 0 aliphatic heterocycles. The molecular formula is C14H24N2O2S. The van der Waals surface area contributed by atoms with Crippen molar-refractivity contribution in [2.45, 2.75) is 38.1 Å². The predicted molar refractivity (Wildman–Crippen MR) is 79.4 cm³/mol. The summed E-state index contributed by atoms with van der Waals surface area (Å²) in [6.45, 7) is 5.48. The molecule has 0 fully saturated rings. The van der Waals surface area contributed by atoms with Crippen LogP contribution in [0.5, 0.6) is 0 Å². The zero-order valence-corrected chi connectivity index (χ0v) is 12.8. The van der Waals surface area contributed by atoms with E-state index in [4.69, 9.17) is 10.5 Å². The fourth-order valence-corrected chi connectivity index (χ4v) is 2.62. The lowest BCUT2D eigenvalue weighted by Crippen LogP contribution is -2.45. The van der Waals surface area contributed by atoms with Crippen molar-refractivity contribution in [1.29, 1.82) is 0 Å². The molecule has 0 saturated heterocycles. The maximum Gasteiger partial charge on any atom is 0.236 e. The summed E-state index contributed by atoms with van der Waals surface area (Å²) in [6.07, 6.45) is 1.46. The topological polar surface area (TPSA) is 64.3 Å². The molecule has 1 aromatic rings. The normalized spacial score (nSPS) is 13.3. The highest BCUT2D eigenvalue weighted by Gasteiger charge is 2.23. The van der Waals surface area contributed by atoms with Gasteiger partial charge in [-0.25, -0.2) is 0 Å². The molecule has 5 heteroatoms. The van der Waals surface area contributed by atoms with E-state index < -0.39 is 6.04 Å². The molecule has 1 unspecified atom stereocenters. The van der Waals surface area contributed by atoms with Gasteiger partial charge in [-0.1, -0.05) is 19.9 Å². The van der Waals surface area contributed by atoms with Crippen LogP contribution in [0, 0.1) is 0 Å². The van der Waals surface area contributed by atoms with Crippen LogP contribution in [0.25, 0.3) is 0 Å². The van der Waals surface area contributed by atoms with Gasteiger partial charge in [-0.15, -0.1) is 11.3 Å². The first-order valence-corrected chi connectivity index (χ1v) is 7.41. The Bertz CT molecular complexity index is 377. The standard InChI is InChI=1S/C14H24N2O2S/c1-14(2,12-7-5-9-19-12)10-16-13(17)11(15)6-4-8-18-3/h5,7,9,11H,4,6,8,10,15H2,1-3H3,(H,16,17). The number of thiophene rings is 1. The molecule has 1 rings (SSSR count). The number of rotatable bonds is 8. The lowest BCUT2D eigenvalue weighted by molar-refractivity contribution is -0.122. The largest absolute Gasteiger partial charge is 0.385 e. The number of hydrogen-bond donors (Lipinski definition) is 2. The van der Waals surface area contributed by atoms with E-state index in [0.29, 0.717) is 19.6 Å². The number of nitrogens with one attached hydrogen (secondary N) is 1. The Balaban J connectivity index is 2.37. The molecule has 108 valence electrons. The van der Waals surface area contributed by atoms with E-state index in [0.717, 1.165) is 6.42 Å². The summed E-state index contributed by atoms with van der Waals surface area (Å²) >= 11 is 1.71. The van der Waals surface area contributed by atoms with Gasteiger partial charge in [-0.2, -0.15) is 0 Å². The van der Waals surface area contributed by atoms with Gasteiger partial charge in [-0.05, 0) is 24.3 Å². The molecule has 19 heavy (non-hydrogen) atoms. The summed E-state index contributed by atoms with van der Waals surface area (Å²) in [5.74, 6) is -0.0827. The third-order valence-electron chi connectivity index (χ3n) is 3.09. The van der Waals surface area contributed by atoms with E-state index in [9.17, 15) is 4.79 Å². The van der Waals surface area contributed by atoms with Gasteiger partial charge < -0.3 is 15.8 Å². The average molecular weight is 284 g/mol. The molecular weight excluding hydrogens is 260 g/mol. The van der Waals surface area contributed by atoms with Crippen molar-refractivity contribution in [2.75, 3.05) is 20.3 Å². The summed E-state index contributed by atoms with van der Waals surface area (Å²) in [7, 11) is 1.65. The van der Waals surface area contributed by atoms with Crippen LogP contribution in [0.15, 0.2) is 17.5 Å². The smallest absolute Gasteiger partial charge is 0.236 e. The highest BCUT2D eigenvalue weighted by atomic mass is 32.1. The van der Waals surface area contributed by atoms with Crippen LogP contribution >= 0.6 is 11.3 Å². The van der Waals surface area contributed by atoms with Crippen LogP contribution < -0.4 is 11.1 Å². The molecule has 1 amide bonds. The van der Waals surface area contributed by atoms with Crippen molar-refractivity contribution in [3.8, 4) is 0 Å². The van der Waals surface area contributed by atoms with Crippen LogP contribution in [-0.4, -0.2) is 32.2 Å². The number of carbonyl (C=O) groups excluding carboxylic acids is 1. The lowest BCUT2D eigenvalue weighted by Gasteiger charge is -2.24. The Labute approximate surface area is 119 Å². The van der Waals surface area contributed by atoms with E-state index >= 15 is 0 Å². The van der Waals surface area contributed by atoms with Gasteiger partial charge in [0.1, 0.15) is 0 Å². The van der Waals surface area contributed by atoms with E-state index in [2.05, 4.69) is 30.6 Å². The molecule has 0 bridgehead atoms. The fourth-order valence-electron chi connectivity index (χ4n) is 1.77. The Kier molecular flexibility index (Phi) is 6.48. The third-order valence-corrected chi connectivity index (χ3v) is 4.33. The number of ether oxygens (including phenoxy) is 1. The molecule has 0 saturated carbocycles. The van der Waals surface area contributed by atoms with Crippen LogP contribution in [-0.2, 0) is 14.9 Å². The maximum atomic E-state index is 11.9. The summed E-state index contributed by atoms with van der Waals surface area (Å²) in [5, 5.41) is 4.99. The Morgan fingerprint density at radius 2 is 2.32 bits per heavy atom. The van der Waals surface area contributed by atoms with Gasteiger partial charge in [0, 0.05) is 30.6 Å². The van der Waals surface area contributed by atoms with Crippen LogP contribution in [0.1, 0.15) is 31.6 Å². The van der Waals surface area contributed by atoms with E-state index in [1.807, 2.05) is 6.07 Å². The van der Waals surface area contributed by atoms with Crippen molar-refractivity contribution < 1.29 is 9.53 Å².